The second-order valence-corrected chi connectivity index (χ2v) is 10.3. The van der Waals surface area contributed by atoms with Crippen molar-refractivity contribution in [3.63, 3.8) is 0 Å². The molecule has 2 heteroatoms. The molecule has 0 amide bonds. The minimum absolute atomic E-state index is 0.728. The number of methoxy groups -OCH3 is 1. The summed E-state index contributed by atoms with van der Waals surface area (Å²) in [5.41, 5.74) is 5.74. The first kappa shape index (κ1) is 23.5. The van der Waals surface area contributed by atoms with Gasteiger partial charge in [0.05, 0.1) is 0 Å². The van der Waals surface area contributed by atoms with Crippen LogP contribution in [0.5, 0.6) is 0 Å². The maximum atomic E-state index is 5.35. The Balaban J connectivity index is 1.29. The highest BCUT2D eigenvalue weighted by Gasteiger charge is 2.23. The van der Waals surface area contributed by atoms with Crippen LogP contribution in [0.25, 0.3) is 11.1 Å². The molecule has 0 spiro atoms. The van der Waals surface area contributed by atoms with Crippen LogP contribution in [-0.2, 0) is 4.74 Å². The number of ether oxygens (including phenoxy) is 1. The van der Waals surface area contributed by atoms with Gasteiger partial charge in [-0.1, -0.05) is 61.9 Å². The number of rotatable bonds is 9. The minimum Gasteiger partial charge on any atom is -0.384 e. The lowest BCUT2D eigenvalue weighted by Crippen LogP contribution is -2.33. The zero-order valence-corrected chi connectivity index (χ0v) is 20.3. The summed E-state index contributed by atoms with van der Waals surface area (Å²) in [5.74, 6) is 2.23. The lowest BCUT2D eigenvalue weighted by atomic mass is 9.78. The molecular formula is C30H43NO. The van der Waals surface area contributed by atoms with Crippen molar-refractivity contribution in [2.45, 2.75) is 89.0 Å². The Morgan fingerprint density at radius 1 is 0.719 bits per heavy atom. The van der Waals surface area contributed by atoms with Gasteiger partial charge in [0.25, 0.3) is 0 Å². The van der Waals surface area contributed by atoms with Crippen LogP contribution in [-0.4, -0.2) is 26.3 Å². The molecule has 2 aliphatic rings. The second kappa shape index (κ2) is 12.0. The molecule has 0 atom stereocenters. The van der Waals surface area contributed by atoms with Crippen molar-refractivity contribution >= 4 is 0 Å². The lowest BCUT2D eigenvalue weighted by molar-refractivity contribution is 0.127. The van der Waals surface area contributed by atoms with Gasteiger partial charge in [0.1, 0.15) is 0 Å². The van der Waals surface area contributed by atoms with Crippen molar-refractivity contribution in [2.24, 2.45) is 5.92 Å². The van der Waals surface area contributed by atoms with E-state index in [4.69, 9.17) is 4.74 Å². The molecule has 2 aromatic rings. The maximum absolute atomic E-state index is 5.35. The molecule has 2 fully saturated rings. The van der Waals surface area contributed by atoms with Crippen molar-refractivity contribution < 1.29 is 4.74 Å². The Kier molecular flexibility index (Phi) is 8.82. The van der Waals surface area contributed by atoms with Gasteiger partial charge in [-0.15, -0.1) is 0 Å². The van der Waals surface area contributed by atoms with Gasteiger partial charge in [0.15, 0.2) is 0 Å². The Labute approximate surface area is 196 Å². The van der Waals surface area contributed by atoms with Crippen molar-refractivity contribution in [2.75, 3.05) is 20.3 Å². The van der Waals surface area contributed by atoms with Crippen LogP contribution in [0.2, 0.25) is 0 Å². The zero-order chi connectivity index (χ0) is 22.2. The molecule has 174 valence electrons. The van der Waals surface area contributed by atoms with Gasteiger partial charge >= 0.3 is 0 Å². The fourth-order valence-corrected chi connectivity index (χ4v) is 5.91. The molecule has 32 heavy (non-hydrogen) atoms. The van der Waals surface area contributed by atoms with E-state index in [9.17, 15) is 0 Å². The average Bonchev–Trinajstić information content (AvgIpc) is 2.86. The summed E-state index contributed by atoms with van der Waals surface area (Å²) in [4.78, 5) is 0. The van der Waals surface area contributed by atoms with Gasteiger partial charge in [-0.3, -0.25) is 0 Å². The third-order valence-corrected chi connectivity index (χ3v) is 8.04. The third kappa shape index (κ3) is 6.23. The predicted molar refractivity (Wildman–Crippen MR) is 136 cm³/mol. The monoisotopic (exact) mass is 433 g/mol. The Morgan fingerprint density at radius 2 is 1.22 bits per heavy atom. The fraction of sp³-hybridized carbons (Fsp3) is 0.600. The second-order valence-electron chi connectivity index (χ2n) is 10.3. The lowest BCUT2D eigenvalue weighted by Gasteiger charge is -2.29. The molecule has 0 aromatic heterocycles. The number of unbranched alkanes of at least 4 members (excludes halogenated alkanes) is 1. The standard InChI is InChI=1S/C30H43NO/c1-3-4-21-31-30-19-17-29(18-20-30)28-15-13-27(14-16-28)26-11-9-25(10-12-26)24-7-5-23(6-8-24)22-32-2/h9-16,23-24,29-31H,3-8,17-22H2,1-2H3. The summed E-state index contributed by atoms with van der Waals surface area (Å²) in [6, 6.07) is 19.6. The summed E-state index contributed by atoms with van der Waals surface area (Å²) >= 11 is 0. The first-order valence-corrected chi connectivity index (χ1v) is 13.2. The molecule has 2 aliphatic carbocycles. The van der Waals surface area contributed by atoms with E-state index in [-0.39, 0.29) is 0 Å². The Hall–Kier alpha value is -1.64. The molecule has 0 bridgehead atoms. The zero-order valence-electron chi connectivity index (χ0n) is 20.3. The summed E-state index contributed by atoms with van der Waals surface area (Å²) in [7, 11) is 1.83. The Morgan fingerprint density at radius 3 is 1.69 bits per heavy atom. The van der Waals surface area contributed by atoms with E-state index in [0.29, 0.717) is 0 Å². The van der Waals surface area contributed by atoms with E-state index in [2.05, 4.69) is 60.8 Å². The molecule has 2 saturated carbocycles. The van der Waals surface area contributed by atoms with Gasteiger partial charge in [-0.05, 0) is 104 Å². The van der Waals surface area contributed by atoms with Gasteiger partial charge in [-0.2, -0.15) is 0 Å². The fourth-order valence-electron chi connectivity index (χ4n) is 5.91. The van der Waals surface area contributed by atoms with Crippen LogP contribution in [0.4, 0.5) is 0 Å². The minimum atomic E-state index is 0.728. The highest BCUT2D eigenvalue weighted by atomic mass is 16.5. The van der Waals surface area contributed by atoms with Crippen LogP contribution in [0.3, 0.4) is 0 Å². The maximum Gasteiger partial charge on any atom is 0.0490 e. The number of hydrogen-bond donors (Lipinski definition) is 1. The number of hydrogen-bond acceptors (Lipinski definition) is 2. The summed E-state index contributed by atoms with van der Waals surface area (Å²) < 4.78 is 5.35. The van der Waals surface area contributed by atoms with Gasteiger partial charge in [0, 0.05) is 19.8 Å². The molecular weight excluding hydrogens is 390 g/mol. The van der Waals surface area contributed by atoms with E-state index in [0.717, 1.165) is 30.4 Å². The number of benzene rings is 2. The van der Waals surface area contributed by atoms with Crippen LogP contribution in [0.15, 0.2) is 48.5 Å². The molecule has 0 heterocycles. The third-order valence-electron chi connectivity index (χ3n) is 8.04. The van der Waals surface area contributed by atoms with Gasteiger partial charge in [0.2, 0.25) is 0 Å². The first-order valence-electron chi connectivity index (χ1n) is 13.2. The van der Waals surface area contributed by atoms with Crippen molar-refractivity contribution in [1.82, 2.24) is 5.32 Å². The normalized spacial score (nSPS) is 26.2. The molecule has 0 unspecified atom stereocenters. The van der Waals surface area contributed by atoms with Crippen molar-refractivity contribution in [3.8, 4) is 11.1 Å². The van der Waals surface area contributed by atoms with Crippen molar-refractivity contribution in [3.05, 3.63) is 59.7 Å². The van der Waals surface area contributed by atoms with Crippen LogP contribution >= 0.6 is 0 Å². The van der Waals surface area contributed by atoms with E-state index < -0.39 is 0 Å². The Bertz CT molecular complexity index is 781. The molecule has 2 aromatic carbocycles. The van der Waals surface area contributed by atoms with Gasteiger partial charge < -0.3 is 10.1 Å². The van der Waals surface area contributed by atoms with E-state index in [1.54, 1.807) is 0 Å². The molecule has 2 nitrogen and oxygen atoms in total. The number of nitrogens with one attached hydrogen (secondary N) is 1. The van der Waals surface area contributed by atoms with Crippen LogP contribution in [0.1, 0.15) is 94.1 Å². The smallest absolute Gasteiger partial charge is 0.0490 e. The summed E-state index contributed by atoms with van der Waals surface area (Å²) in [6.07, 6.45) is 13.1. The van der Waals surface area contributed by atoms with E-state index >= 15 is 0 Å². The van der Waals surface area contributed by atoms with E-state index in [1.807, 2.05) is 7.11 Å². The topological polar surface area (TPSA) is 21.3 Å². The molecule has 4 rings (SSSR count). The molecule has 0 saturated heterocycles. The molecule has 0 radical (unpaired) electrons. The highest BCUT2D eigenvalue weighted by Crippen LogP contribution is 2.37. The largest absolute Gasteiger partial charge is 0.384 e. The van der Waals surface area contributed by atoms with Crippen LogP contribution in [0, 0.1) is 5.92 Å². The SMILES string of the molecule is CCCCNC1CCC(c2ccc(-c3ccc(C4CCC(COC)CC4)cc3)cc2)CC1. The van der Waals surface area contributed by atoms with Crippen molar-refractivity contribution in [1.29, 1.82) is 0 Å². The average molecular weight is 434 g/mol. The highest BCUT2D eigenvalue weighted by molar-refractivity contribution is 5.64. The van der Waals surface area contributed by atoms with E-state index in [1.165, 1.54) is 93.0 Å². The predicted octanol–water partition coefficient (Wildman–Crippen LogP) is 7.69. The summed E-state index contributed by atoms with van der Waals surface area (Å²) in [5, 5.41) is 3.76. The summed E-state index contributed by atoms with van der Waals surface area (Å²) in [6.45, 7) is 4.39. The van der Waals surface area contributed by atoms with Gasteiger partial charge in [-0.25, -0.2) is 0 Å². The first-order chi connectivity index (χ1) is 15.8. The molecule has 1 N–H and O–H groups in total. The molecule has 0 aliphatic heterocycles. The van der Waals surface area contributed by atoms with Crippen LogP contribution < -0.4 is 5.32 Å². The quantitative estimate of drug-likeness (QED) is 0.409.